The Morgan fingerprint density at radius 3 is 2.44 bits per heavy atom. The quantitative estimate of drug-likeness (QED) is 0.598. The van der Waals surface area contributed by atoms with E-state index in [4.69, 9.17) is 11.5 Å². The van der Waals surface area contributed by atoms with E-state index in [2.05, 4.69) is 14.9 Å². The summed E-state index contributed by atoms with van der Waals surface area (Å²) in [4.78, 5) is 10.7. The van der Waals surface area contributed by atoms with Crippen molar-refractivity contribution >= 4 is 23.4 Å². The van der Waals surface area contributed by atoms with E-state index in [0.29, 0.717) is 16.8 Å². The Kier molecular flexibility index (Phi) is 3.84. The van der Waals surface area contributed by atoms with Crippen LogP contribution in [-0.2, 0) is 0 Å². The van der Waals surface area contributed by atoms with E-state index in [9.17, 15) is 0 Å². The number of nitrogens with two attached hydrogens (primary N) is 2. The van der Waals surface area contributed by atoms with Crippen LogP contribution in [0.15, 0.2) is 11.2 Å². The van der Waals surface area contributed by atoms with Gasteiger partial charge in [-0.3, -0.25) is 0 Å². The molecule has 5 nitrogen and oxygen atoms in total. The number of hydrogen-bond acceptors (Lipinski definition) is 6. The Labute approximate surface area is 99.6 Å². The molecule has 0 aromatic carbocycles. The largest absolute Gasteiger partial charge is 0.383 e. The minimum Gasteiger partial charge on any atom is -0.383 e. The normalized spacial score (nSPS) is 16.8. The maximum Gasteiger partial charge on any atom is 0.191 e. The van der Waals surface area contributed by atoms with Gasteiger partial charge in [0.15, 0.2) is 5.16 Å². The third-order valence-electron chi connectivity index (χ3n) is 2.58. The van der Waals surface area contributed by atoms with E-state index in [0.717, 1.165) is 12.3 Å². The first-order valence-corrected chi connectivity index (χ1v) is 6.48. The smallest absolute Gasteiger partial charge is 0.191 e. The fraction of sp³-hybridized carbons (Fsp3) is 0.600. The summed E-state index contributed by atoms with van der Waals surface area (Å²) < 4.78 is 0. The van der Waals surface area contributed by atoms with Crippen molar-refractivity contribution in [3.8, 4) is 0 Å². The summed E-state index contributed by atoms with van der Waals surface area (Å²) >= 11 is 1.61. The first kappa shape index (κ1) is 11.5. The molecule has 2 rings (SSSR count). The lowest BCUT2D eigenvalue weighted by atomic mass is 10.4. The molecule has 0 bridgehead atoms. The monoisotopic (exact) mass is 239 g/mol. The van der Waals surface area contributed by atoms with Crippen LogP contribution in [0.2, 0.25) is 0 Å². The number of hydrogen-bond donors (Lipinski definition) is 2. The standard InChI is InChI=1S/C10H17N5S/c11-8-7-9(12)14-10(13-8)16-6-5-15-3-1-2-4-15/h7H,1-6H2,(H4,11,12,13,14). The Morgan fingerprint density at radius 2 is 1.81 bits per heavy atom. The van der Waals surface area contributed by atoms with Crippen LogP contribution in [0, 0.1) is 0 Å². The predicted octanol–water partition coefficient (Wildman–Crippen LogP) is 0.829. The topological polar surface area (TPSA) is 81.1 Å². The molecule has 1 aromatic heterocycles. The Balaban J connectivity index is 1.80. The van der Waals surface area contributed by atoms with Crippen molar-refractivity contribution in [1.82, 2.24) is 14.9 Å². The van der Waals surface area contributed by atoms with E-state index < -0.39 is 0 Å². The maximum absolute atomic E-state index is 5.60. The zero-order valence-corrected chi connectivity index (χ0v) is 10.0. The number of aromatic nitrogens is 2. The van der Waals surface area contributed by atoms with Crippen LogP contribution < -0.4 is 11.5 Å². The van der Waals surface area contributed by atoms with Crippen molar-refractivity contribution in [1.29, 1.82) is 0 Å². The summed E-state index contributed by atoms with van der Waals surface area (Å²) in [6.45, 7) is 3.53. The highest BCUT2D eigenvalue weighted by Gasteiger charge is 2.11. The van der Waals surface area contributed by atoms with Gasteiger partial charge in [0.2, 0.25) is 0 Å². The lowest BCUT2D eigenvalue weighted by Crippen LogP contribution is -2.22. The molecule has 0 atom stereocenters. The highest BCUT2D eigenvalue weighted by molar-refractivity contribution is 7.99. The second-order valence-corrected chi connectivity index (χ2v) is 4.96. The lowest BCUT2D eigenvalue weighted by Gasteiger charge is -2.13. The van der Waals surface area contributed by atoms with E-state index in [1.54, 1.807) is 17.8 Å². The number of nitrogen functional groups attached to an aromatic ring is 2. The molecule has 1 saturated heterocycles. The Morgan fingerprint density at radius 1 is 1.19 bits per heavy atom. The van der Waals surface area contributed by atoms with Crippen molar-refractivity contribution in [2.24, 2.45) is 0 Å². The molecule has 16 heavy (non-hydrogen) atoms. The van der Waals surface area contributed by atoms with Gasteiger partial charge >= 0.3 is 0 Å². The van der Waals surface area contributed by atoms with Gasteiger partial charge in [-0.1, -0.05) is 11.8 Å². The van der Waals surface area contributed by atoms with Crippen LogP contribution in [0.1, 0.15) is 12.8 Å². The predicted molar refractivity (Wildman–Crippen MR) is 67.3 cm³/mol. The molecule has 1 aromatic rings. The van der Waals surface area contributed by atoms with Crippen LogP contribution in [-0.4, -0.2) is 40.3 Å². The first-order chi connectivity index (χ1) is 7.74. The summed E-state index contributed by atoms with van der Waals surface area (Å²) in [6, 6.07) is 1.57. The fourth-order valence-corrected chi connectivity index (χ4v) is 2.67. The van der Waals surface area contributed by atoms with Gasteiger partial charge in [-0.15, -0.1) is 0 Å². The van der Waals surface area contributed by atoms with Gasteiger partial charge in [0.05, 0.1) is 0 Å². The molecule has 2 heterocycles. The summed E-state index contributed by atoms with van der Waals surface area (Å²) in [5, 5.41) is 0.677. The minimum absolute atomic E-state index is 0.441. The molecule has 1 aliphatic heterocycles. The average Bonchev–Trinajstić information content (AvgIpc) is 2.69. The molecule has 0 saturated carbocycles. The van der Waals surface area contributed by atoms with E-state index in [1.807, 2.05) is 0 Å². The SMILES string of the molecule is Nc1cc(N)nc(SCCN2CCCC2)n1. The number of anilines is 2. The van der Waals surface area contributed by atoms with Crippen molar-refractivity contribution in [3.63, 3.8) is 0 Å². The van der Waals surface area contributed by atoms with Gasteiger partial charge in [-0.05, 0) is 25.9 Å². The second kappa shape index (κ2) is 5.36. The van der Waals surface area contributed by atoms with Crippen LogP contribution in [0.25, 0.3) is 0 Å². The van der Waals surface area contributed by atoms with Crippen molar-refractivity contribution in [2.75, 3.05) is 36.9 Å². The third kappa shape index (κ3) is 3.24. The fourth-order valence-electron chi connectivity index (χ4n) is 1.80. The molecule has 1 fully saturated rings. The maximum atomic E-state index is 5.60. The molecule has 6 heteroatoms. The zero-order valence-electron chi connectivity index (χ0n) is 9.22. The highest BCUT2D eigenvalue weighted by atomic mass is 32.2. The Bertz CT molecular complexity index is 331. The summed E-state index contributed by atoms with van der Waals surface area (Å²) in [5.74, 6) is 1.87. The molecule has 88 valence electrons. The number of likely N-dealkylation sites (tertiary alicyclic amines) is 1. The molecular weight excluding hydrogens is 222 g/mol. The molecule has 1 aliphatic rings. The van der Waals surface area contributed by atoms with Gasteiger partial charge < -0.3 is 16.4 Å². The van der Waals surface area contributed by atoms with Crippen molar-refractivity contribution in [2.45, 2.75) is 18.0 Å². The first-order valence-electron chi connectivity index (χ1n) is 5.49. The average molecular weight is 239 g/mol. The Hall–Kier alpha value is -1.01. The van der Waals surface area contributed by atoms with Gasteiger partial charge in [-0.2, -0.15) is 0 Å². The second-order valence-electron chi connectivity index (χ2n) is 3.90. The van der Waals surface area contributed by atoms with Gasteiger partial charge in [0, 0.05) is 18.4 Å². The third-order valence-corrected chi connectivity index (χ3v) is 3.41. The van der Waals surface area contributed by atoms with Crippen LogP contribution in [0.4, 0.5) is 11.6 Å². The molecule has 0 aliphatic carbocycles. The van der Waals surface area contributed by atoms with Gasteiger partial charge in [0.1, 0.15) is 11.6 Å². The van der Waals surface area contributed by atoms with E-state index >= 15 is 0 Å². The molecule has 4 N–H and O–H groups in total. The van der Waals surface area contributed by atoms with Crippen LogP contribution >= 0.6 is 11.8 Å². The van der Waals surface area contributed by atoms with Gasteiger partial charge in [-0.25, -0.2) is 9.97 Å². The number of thioether (sulfide) groups is 1. The molecule has 0 spiro atoms. The highest BCUT2D eigenvalue weighted by Crippen LogP contribution is 2.17. The number of rotatable bonds is 4. The van der Waals surface area contributed by atoms with E-state index in [-0.39, 0.29) is 0 Å². The molecule has 0 unspecified atom stereocenters. The summed E-state index contributed by atoms with van der Waals surface area (Å²) in [7, 11) is 0. The molecule has 0 radical (unpaired) electrons. The zero-order chi connectivity index (χ0) is 11.4. The lowest BCUT2D eigenvalue weighted by molar-refractivity contribution is 0.362. The van der Waals surface area contributed by atoms with Crippen LogP contribution in [0.3, 0.4) is 0 Å². The van der Waals surface area contributed by atoms with Crippen molar-refractivity contribution < 1.29 is 0 Å². The number of nitrogens with zero attached hydrogens (tertiary/aromatic N) is 3. The van der Waals surface area contributed by atoms with Gasteiger partial charge in [0.25, 0.3) is 0 Å². The summed E-state index contributed by atoms with van der Waals surface area (Å²) in [5.41, 5.74) is 11.2. The molecular formula is C10H17N5S. The minimum atomic E-state index is 0.441. The summed E-state index contributed by atoms with van der Waals surface area (Å²) in [6.07, 6.45) is 2.65. The van der Waals surface area contributed by atoms with Crippen LogP contribution in [0.5, 0.6) is 0 Å². The van der Waals surface area contributed by atoms with E-state index in [1.165, 1.54) is 25.9 Å². The molecule has 0 amide bonds. The van der Waals surface area contributed by atoms with Crippen molar-refractivity contribution in [3.05, 3.63) is 6.07 Å².